The molecule has 1 fully saturated rings. The molecule has 0 saturated carbocycles. The van der Waals surface area contributed by atoms with E-state index in [9.17, 15) is 14.0 Å². The third-order valence-corrected chi connectivity index (χ3v) is 6.51. The van der Waals surface area contributed by atoms with Crippen LogP contribution in [0.3, 0.4) is 0 Å². The Hall–Kier alpha value is -3.98. The Balaban J connectivity index is 1.40. The first-order valence-corrected chi connectivity index (χ1v) is 12.3. The molecular formula is C28H29FN4O3S. The number of carbonyl (C=O) groups is 2. The minimum atomic E-state index is -0.811. The lowest BCUT2D eigenvalue weighted by atomic mass is 10.0. The molecule has 1 atom stereocenters. The number of carbonyl (C=O) groups excluding carboxylic acids is 2. The fourth-order valence-electron chi connectivity index (χ4n) is 4.12. The van der Waals surface area contributed by atoms with Gasteiger partial charge in [-0.25, -0.2) is 4.39 Å². The van der Waals surface area contributed by atoms with E-state index in [0.29, 0.717) is 35.5 Å². The van der Waals surface area contributed by atoms with Gasteiger partial charge in [0.1, 0.15) is 17.6 Å². The van der Waals surface area contributed by atoms with Gasteiger partial charge in [-0.05, 0) is 90.8 Å². The number of aryl methyl sites for hydroxylation is 2. The molecular weight excluding hydrogens is 491 g/mol. The Morgan fingerprint density at radius 1 is 1.08 bits per heavy atom. The monoisotopic (exact) mass is 520 g/mol. The third kappa shape index (κ3) is 6.24. The van der Waals surface area contributed by atoms with Crippen LogP contribution in [0.25, 0.3) is 0 Å². The first-order chi connectivity index (χ1) is 17.7. The van der Waals surface area contributed by atoms with E-state index in [1.807, 2.05) is 43.3 Å². The van der Waals surface area contributed by atoms with Gasteiger partial charge in [0.05, 0.1) is 19.2 Å². The number of hydrogen-bond acceptors (Lipinski definition) is 5. The zero-order chi connectivity index (χ0) is 26.5. The molecule has 4 rings (SSSR count). The molecule has 7 nitrogen and oxygen atoms in total. The molecule has 0 aliphatic carbocycles. The summed E-state index contributed by atoms with van der Waals surface area (Å²) in [7, 11) is 5.52. The fraction of sp³-hybridized carbons (Fsp3) is 0.250. The zero-order valence-corrected chi connectivity index (χ0v) is 21.8. The summed E-state index contributed by atoms with van der Waals surface area (Å²) in [6.07, 6.45) is 1.02. The highest BCUT2D eigenvalue weighted by Crippen LogP contribution is 2.25. The van der Waals surface area contributed by atoms with Crippen LogP contribution < -0.4 is 25.2 Å². The maximum Gasteiger partial charge on any atom is 0.256 e. The zero-order valence-electron chi connectivity index (χ0n) is 21.0. The maximum atomic E-state index is 14.6. The topological polar surface area (TPSA) is 73.9 Å². The highest BCUT2D eigenvalue weighted by atomic mass is 32.1. The first-order valence-electron chi connectivity index (χ1n) is 11.9. The van der Waals surface area contributed by atoms with Crippen molar-refractivity contribution in [3.8, 4) is 5.75 Å². The summed E-state index contributed by atoms with van der Waals surface area (Å²) in [5.74, 6) is -0.352. The summed E-state index contributed by atoms with van der Waals surface area (Å²) in [6.45, 7) is 0. The summed E-state index contributed by atoms with van der Waals surface area (Å²) in [5.41, 5.74) is 3.74. The molecule has 1 aliphatic heterocycles. The number of benzene rings is 3. The van der Waals surface area contributed by atoms with Crippen LogP contribution in [0.1, 0.15) is 17.5 Å². The van der Waals surface area contributed by atoms with Crippen molar-refractivity contribution in [1.29, 1.82) is 0 Å². The van der Waals surface area contributed by atoms with Crippen molar-refractivity contribution < 1.29 is 18.7 Å². The lowest BCUT2D eigenvalue weighted by Gasteiger charge is -2.17. The fourth-order valence-corrected chi connectivity index (χ4v) is 4.46. The summed E-state index contributed by atoms with van der Waals surface area (Å²) >= 11 is 5.39. The third-order valence-electron chi connectivity index (χ3n) is 6.21. The molecule has 3 aromatic rings. The molecule has 0 spiro atoms. The first kappa shape index (κ1) is 26.1. The van der Waals surface area contributed by atoms with Crippen molar-refractivity contribution in [2.75, 3.05) is 36.3 Å². The second-order valence-electron chi connectivity index (χ2n) is 8.99. The maximum absolute atomic E-state index is 14.6. The number of amides is 2. The Kier molecular flexibility index (Phi) is 8.03. The molecule has 1 aliphatic rings. The van der Waals surface area contributed by atoms with Gasteiger partial charge in [0.15, 0.2) is 5.11 Å². The van der Waals surface area contributed by atoms with E-state index in [-0.39, 0.29) is 29.2 Å². The van der Waals surface area contributed by atoms with Crippen LogP contribution >= 0.6 is 12.2 Å². The van der Waals surface area contributed by atoms with Gasteiger partial charge in [0.25, 0.3) is 5.91 Å². The van der Waals surface area contributed by atoms with E-state index in [1.54, 1.807) is 37.4 Å². The van der Waals surface area contributed by atoms with Crippen molar-refractivity contribution in [2.24, 2.45) is 0 Å². The molecule has 2 N–H and O–H groups in total. The number of nitrogens with one attached hydrogen (secondary N) is 2. The lowest BCUT2D eigenvalue weighted by molar-refractivity contribution is -0.122. The molecule has 3 aromatic carbocycles. The van der Waals surface area contributed by atoms with Crippen molar-refractivity contribution in [3.05, 3.63) is 83.7 Å². The van der Waals surface area contributed by atoms with Crippen LogP contribution in [0.4, 0.5) is 21.5 Å². The average Bonchev–Trinajstić information content (AvgIpc) is 3.16. The number of rotatable bonds is 9. The SMILES string of the molecule is COc1ccc(NC(=O)CC2NC(=S)N(c3ccc(F)c(CCc4ccc(N(C)C)cc4)c3)C2=O)cc1. The van der Waals surface area contributed by atoms with Crippen molar-refractivity contribution in [3.63, 3.8) is 0 Å². The van der Waals surface area contributed by atoms with Crippen LogP contribution in [0.15, 0.2) is 66.7 Å². The predicted molar refractivity (Wildman–Crippen MR) is 148 cm³/mol. The molecule has 9 heteroatoms. The Morgan fingerprint density at radius 3 is 2.43 bits per heavy atom. The second-order valence-corrected chi connectivity index (χ2v) is 9.38. The predicted octanol–water partition coefficient (Wildman–Crippen LogP) is 4.30. The molecule has 0 aromatic heterocycles. The Labute approximate surface area is 221 Å². The molecule has 37 heavy (non-hydrogen) atoms. The number of hydrogen-bond donors (Lipinski definition) is 2. The molecule has 1 heterocycles. The van der Waals surface area contributed by atoms with E-state index in [0.717, 1.165) is 11.3 Å². The Morgan fingerprint density at radius 2 is 1.78 bits per heavy atom. The van der Waals surface area contributed by atoms with Gasteiger partial charge in [0, 0.05) is 25.5 Å². The average molecular weight is 521 g/mol. The molecule has 2 amide bonds. The van der Waals surface area contributed by atoms with Gasteiger partial charge in [-0.15, -0.1) is 0 Å². The standard InChI is InChI=1S/C28H29FN4O3S/c1-32(2)21-10-5-18(6-11-21)4-7-19-16-22(12-15-24(19)29)33-27(35)25(31-28(33)37)17-26(34)30-20-8-13-23(36-3)14-9-20/h5-6,8-16,25H,4,7,17H2,1-3H3,(H,30,34)(H,31,37). The van der Waals surface area contributed by atoms with E-state index >= 15 is 0 Å². The van der Waals surface area contributed by atoms with Crippen molar-refractivity contribution in [1.82, 2.24) is 5.32 Å². The normalized spacial score (nSPS) is 14.9. The number of nitrogens with zero attached hydrogens (tertiary/aromatic N) is 2. The van der Waals surface area contributed by atoms with Gasteiger partial charge in [-0.2, -0.15) is 0 Å². The molecule has 1 unspecified atom stereocenters. The number of anilines is 3. The smallest absolute Gasteiger partial charge is 0.256 e. The summed E-state index contributed by atoms with van der Waals surface area (Å²) in [5, 5.41) is 5.87. The molecule has 192 valence electrons. The minimum absolute atomic E-state index is 0.0987. The van der Waals surface area contributed by atoms with E-state index in [2.05, 4.69) is 10.6 Å². The quantitative estimate of drug-likeness (QED) is 0.410. The van der Waals surface area contributed by atoms with Crippen LogP contribution in [0, 0.1) is 5.82 Å². The highest BCUT2D eigenvalue weighted by Gasteiger charge is 2.37. The van der Waals surface area contributed by atoms with E-state index in [4.69, 9.17) is 17.0 Å². The second kappa shape index (κ2) is 11.4. The summed E-state index contributed by atoms with van der Waals surface area (Å²) in [6, 6.07) is 18.7. The van der Waals surface area contributed by atoms with Crippen molar-refractivity contribution >= 4 is 46.2 Å². The van der Waals surface area contributed by atoms with E-state index in [1.165, 1.54) is 17.0 Å². The van der Waals surface area contributed by atoms with Gasteiger partial charge in [0.2, 0.25) is 5.91 Å². The van der Waals surface area contributed by atoms with Crippen LogP contribution in [-0.4, -0.2) is 44.2 Å². The number of methoxy groups -OCH3 is 1. The molecule has 0 radical (unpaired) electrons. The van der Waals surface area contributed by atoms with Crippen molar-refractivity contribution in [2.45, 2.75) is 25.3 Å². The number of halogens is 1. The van der Waals surface area contributed by atoms with Crippen LogP contribution in [0.5, 0.6) is 5.75 Å². The van der Waals surface area contributed by atoms with Crippen LogP contribution in [0.2, 0.25) is 0 Å². The number of ether oxygens (including phenoxy) is 1. The molecule has 0 bridgehead atoms. The summed E-state index contributed by atoms with van der Waals surface area (Å²) < 4.78 is 19.7. The van der Waals surface area contributed by atoms with Gasteiger partial charge >= 0.3 is 0 Å². The number of thiocarbonyl (C=S) groups is 1. The van der Waals surface area contributed by atoms with Gasteiger partial charge in [-0.1, -0.05) is 12.1 Å². The van der Waals surface area contributed by atoms with Gasteiger partial charge < -0.3 is 20.3 Å². The Bertz CT molecular complexity index is 1300. The van der Waals surface area contributed by atoms with Gasteiger partial charge in [-0.3, -0.25) is 14.5 Å². The largest absolute Gasteiger partial charge is 0.497 e. The lowest BCUT2D eigenvalue weighted by Crippen LogP contribution is -2.34. The van der Waals surface area contributed by atoms with E-state index < -0.39 is 6.04 Å². The molecule has 1 saturated heterocycles. The summed E-state index contributed by atoms with van der Waals surface area (Å²) in [4.78, 5) is 29.0. The highest BCUT2D eigenvalue weighted by molar-refractivity contribution is 7.80. The van der Waals surface area contributed by atoms with Crippen LogP contribution in [-0.2, 0) is 22.4 Å². The minimum Gasteiger partial charge on any atom is -0.497 e.